The molecule has 0 fully saturated rings. The molecule has 2 heterocycles. The van der Waals surface area contributed by atoms with Gasteiger partial charge in [-0.25, -0.2) is 9.79 Å². The number of hydrogen-bond acceptors (Lipinski definition) is 6. The van der Waals surface area contributed by atoms with Crippen LogP contribution in [-0.2, 0) is 9.53 Å². The van der Waals surface area contributed by atoms with Gasteiger partial charge in [0.15, 0.2) is 17.2 Å². The summed E-state index contributed by atoms with van der Waals surface area (Å²) in [5, 5.41) is 1.88. The second kappa shape index (κ2) is 6.79. The van der Waals surface area contributed by atoms with Crippen LogP contribution in [0, 0.1) is 0 Å². The zero-order chi connectivity index (χ0) is 17.1. The molecule has 1 aromatic carbocycles. The molecule has 0 radical (unpaired) electrons. The fourth-order valence-corrected chi connectivity index (χ4v) is 2.69. The third-order valence-corrected chi connectivity index (χ3v) is 3.89. The van der Waals surface area contributed by atoms with Crippen molar-refractivity contribution in [3.63, 3.8) is 0 Å². The number of carbonyl (C=O) groups excluding carboxylic acids is 1. The van der Waals surface area contributed by atoms with Crippen molar-refractivity contribution in [1.29, 1.82) is 0 Å². The maximum atomic E-state index is 12.3. The molecule has 0 N–H and O–H groups in total. The van der Waals surface area contributed by atoms with Crippen molar-refractivity contribution in [2.45, 2.75) is 6.61 Å². The number of nitrogens with zero attached hydrogens (tertiary/aromatic N) is 1. The summed E-state index contributed by atoms with van der Waals surface area (Å²) in [6.07, 6.45) is 1.62. The van der Waals surface area contributed by atoms with Crippen LogP contribution >= 0.6 is 11.3 Å². The molecule has 0 atom stereocenters. The highest BCUT2D eigenvalue weighted by molar-refractivity contribution is 7.10. The molecule has 0 unspecified atom stereocenters. The Morgan fingerprint density at radius 1 is 1.29 bits per heavy atom. The molecule has 0 amide bonds. The largest absolute Gasteiger partial charge is 0.493 e. The van der Waals surface area contributed by atoms with Crippen LogP contribution in [-0.4, -0.2) is 25.6 Å². The van der Waals surface area contributed by atoms with Gasteiger partial charge < -0.3 is 14.2 Å². The second-order valence-corrected chi connectivity index (χ2v) is 5.57. The van der Waals surface area contributed by atoms with Crippen LogP contribution < -0.4 is 9.47 Å². The van der Waals surface area contributed by atoms with Crippen LogP contribution in [0.4, 0.5) is 8.78 Å². The standard InChI is InChI=1S/C16H11F2NO4S/c1-21-13-7-9(4-5-12(13)22-16(17)18)14-19-11(15(20)23-14)8-10-3-2-6-24-10/h2-8,16H,1H3/b11-8-. The highest BCUT2D eigenvalue weighted by Gasteiger charge is 2.25. The molecule has 8 heteroatoms. The maximum absolute atomic E-state index is 12.3. The van der Waals surface area contributed by atoms with Crippen molar-refractivity contribution in [3.8, 4) is 11.5 Å². The Balaban J connectivity index is 1.90. The number of esters is 1. The van der Waals surface area contributed by atoms with Crippen LogP contribution in [0.2, 0.25) is 0 Å². The highest BCUT2D eigenvalue weighted by atomic mass is 32.1. The van der Waals surface area contributed by atoms with Crippen molar-refractivity contribution in [3.05, 3.63) is 51.8 Å². The average Bonchev–Trinajstić information content (AvgIpc) is 3.18. The first-order valence-electron chi connectivity index (χ1n) is 6.76. The number of ether oxygens (including phenoxy) is 3. The number of halogens is 2. The summed E-state index contributed by atoms with van der Waals surface area (Å²) in [5.74, 6) is -0.535. The van der Waals surface area contributed by atoms with E-state index in [1.807, 2.05) is 17.5 Å². The number of thiophene rings is 1. The van der Waals surface area contributed by atoms with Crippen molar-refractivity contribution in [1.82, 2.24) is 0 Å². The van der Waals surface area contributed by atoms with E-state index in [-0.39, 0.29) is 23.1 Å². The maximum Gasteiger partial charge on any atom is 0.387 e. The number of carbonyl (C=O) groups is 1. The second-order valence-electron chi connectivity index (χ2n) is 4.60. The lowest BCUT2D eigenvalue weighted by atomic mass is 10.2. The molecule has 0 saturated carbocycles. The minimum Gasteiger partial charge on any atom is -0.493 e. The predicted octanol–water partition coefficient (Wildman–Crippen LogP) is 3.70. The smallest absolute Gasteiger partial charge is 0.387 e. The summed E-state index contributed by atoms with van der Waals surface area (Å²) in [7, 11) is 1.32. The first-order chi connectivity index (χ1) is 11.6. The summed E-state index contributed by atoms with van der Waals surface area (Å²) in [4.78, 5) is 16.9. The van der Waals surface area contributed by atoms with Gasteiger partial charge in [0.2, 0.25) is 5.90 Å². The Kier molecular flexibility index (Phi) is 4.57. The van der Waals surface area contributed by atoms with Crippen molar-refractivity contribution < 1.29 is 27.8 Å². The number of benzene rings is 1. The Morgan fingerprint density at radius 2 is 2.12 bits per heavy atom. The van der Waals surface area contributed by atoms with Crippen LogP contribution in [0.15, 0.2) is 46.4 Å². The number of cyclic esters (lactones) is 1. The van der Waals surface area contributed by atoms with Gasteiger partial charge in [0, 0.05) is 10.4 Å². The van der Waals surface area contributed by atoms with Crippen LogP contribution in [0.3, 0.4) is 0 Å². The number of alkyl halides is 2. The lowest BCUT2D eigenvalue weighted by Gasteiger charge is -2.10. The molecule has 5 nitrogen and oxygen atoms in total. The Labute approximate surface area is 139 Å². The zero-order valence-electron chi connectivity index (χ0n) is 12.4. The molecular weight excluding hydrogens is 340 g/mol. The minimum atomic E-state index is -2.97. The third kappa shape index (κ3) is 3.43. The molecule has 1 aromatic heterocycles. The van der Waals surface area contributed by atoms with Gasteiger partial charge in [0.25, 0.3) is 0 Å². The van der Waals surface area contributed by atoms with Gasteiger partial charge in [-0.15, -0.1) is 11.3 Å². The van der Waals surface area contributed by atoms with Crippen molar-refractivity contribution in [2.75, 3.05) is 7.11 Å². The summed E-state index contributed by atoms with van der Waals surface area (Å²) in [5.41, 5.74) is 0.579. The summed E-state index contributed by atoms with van der Waals surface area (Å²) in [6.45, 7) is -2.97. The average molecular weight is 351 g/mol. The molecule has 0 spiro atoms. The SMILES string of the molecule is COc1cc(C2=N/C(=C\c3cccs3)C(=O)O2)ccc1OC(F)F. The molecule has 0 bridgehead atoms. The third-order valence-electron chi connectivity index (χ3n) is 3.07. The molecular formula is C16H11F2NO4S. The van der Waals surface area contributed by atoms with Gasteiger partial charge in [-0.2, -0.15) is 8.78 Å². The number of hydrogen-bond donors (Lipinski definition) is 0. The number of rotatable bonds is 5. The van der Waals surface area contributed by atoms with E-state index >= 15 is 0 Å². The fourth-order valence-electron chi connectivity index (χ4n) is 2.03. The lowest BCUT2D eigenvalue weighted by molar-refractivity contribution is -0.129. The van der Waals surface area contributed by atoms with Gasteiger partial charge >= 0.3 is 12.6 Å². The Bertz CT molecular complexity index is 815. The molecule has 2 aromatic rings. The van der Waals surface area contributed by atoms with E-state index in [1.54, 1.807) is 6.08 Å². The van der Waals surface area contributed by atoms with Gasteiger partial charge in [0.05, 0.1) is 7.11 Å². The van der Waals surface area contributed by atoms with Gasteiger partial charge in [-0.1, -0.05) is 6.07 Å². The first kappa shape index (κ1) is 16.1. The molecule has 1 aliphatic heterocycles. The van der Waals surface area contributed by atoms with Crippen LogP contribution in [0.5, 0.6) is 11.5 Å². The molecule has 1 aliphatic rings. The first-order valence-corrected chi connectivity index (χ1v) is 7.64. The zero-order valence-corrected chi connectivity index (χ0v) is 13.2. The van der Waals surface area contributed by atoms with E-state index in [1.165, 1.54) is 36.6 Å². The normalized spacial score (nSPS) is 15.6. The Morgan fingerprint density at radius 3 is 2.79 bits per heavy atom. The van der Waals surface area contributed by atoms with E-state index in [4.69, 9.17) is 9.47 Å². The van der Waals surface area contributed by atoms with E-state index in [0.717, 1.165) is 4.88 Å². The van der Waals surface area contributed by atoms with Crippen molar-refractivity contribution >= 4 is 29.3 Å². The molecule has 24 heavy (non-hydrogen) atoms. The quantitative estimate of drug-likeness (QED) is 0.609. The van der Waals surface area contributed by atoms with E-state index in [9.17, 15) is 13.6 Å². The molecule has 124 valence electrons. The predicted molar refractivity (Wildman–Crippen MR) is 84.6 cm³/mol. The summed E-state index contributed by atoms with van der Waals surface area (Å²) < 4.78 is 39.2. The van der Waals surface area contributed by atoms with Gasteiger partial charge in [-0.05, 0) is 35.7 Å². The van der Waals surface area contributed by atoms with E-state index in [2.05, 4.69) is 9.73 Å². The van der Waals surface area contributed by atoms with Crippen LogP contribution in [0.25, 0.3) is 6.08 Å². The molecule has 3 rings (SSSR count). The lowest BCUT2D eigenvalue weighted by Crippen LogP contribution is -2.07. The highest BCUT2D eigenvalue weighted by Crippen LogP contribution is 2.31. The van der Waals surface area contributed by atoms with E-state index in [0.29, 0.717) is 5.56 Å². The summed E-state index contributed by atoms with van der Waals surface area (Å²) in [6, 6.07) is 7.88. The number of methoxy groups -OCH3 is 1. The topological polar surface area (TPSA) is 57.1 Å². The van der Waals surface area contributed by atoms with Gasteiger partial charge in [0.1, 0.15) is 0 Å². The number of aliphatic imine (C=N–C) groups is 1. The minimum absolute atomic E-state index is 0.0738. The van der Waals surface area contributed by atoms with Crippen molar-refractivity contribution in [2.24, 2.45) is 4.99 Å². The molecule has 0 saturated heterocycles. The van der Waals surface area contributed by atoms with Gasteiger partial charge in [-0.3, -0.25) is 0 Å². The van der Waals surface area contributed by atoms with Crippen LogP contribution in [0.1, 0.15) is 10.4 Å². The summed E-state index contributed by atoms with van der Waals surface area (Å²) >= 11 is 1.46. The fraction of sp³-hybridized carbons (Fsp3) is 0.125. The molecule has 0 aliphatic carbocycles. The monoisotopic (exact) mass is 351 g/mol. The van der Waals surface area contributed by atoms with E-state index < -0.39 is 12.6 Å². The Hall–Kier alpha value is -2.74.